The summed E-state index contributed by atoms with van der Waals surface area (Å²) in [5.41, 5.74) is 1.90. The second-order valence-electron chi connectivity index (χ2n) is 4.59. The fourth-order valence-corrected chi connectivity index (χ4v) is 2.35. The Morgan fingerprint density at radius 3 is 2.87 bits per heavy atom. The van der Waals surface area contributed by atoms with E-state index < -0.39 is 0 Å². The van der Waals surface area contributed by atoms with Gasteiger partial charge < -0.3 is 5.32 Å². The van der Waals surface area contributed by atoms with E-state index in [2.05, 4.69) is 18.3 Å². The van der Waals surface area contributed by atoms with Crippen molar-refractivity contribution in [3.8, 4) is 0 Å². The van der Waals surface area contributed by atoms with Crippen molar-refractivity contribution in [1.82, 2.24) is 5.32 Å². The van der Waals surface area contributed by atoms with Gasteiger partial charge in [-0.1, -0.05) is 19.1 Å². The molecule has 0 amide bonds. The fourth-order valence-electron chi connectivity index (χ4n) is 2.35. The van der Waals surface area contributed by atoms with Crippen LogP contribution in [0.2, 0.25) is 0 Å². The Morgan fingerprint density at radius 2 is 2.20 bits per heavy atom. The van der Waals surface area contributed by atoms with Gasteiger partial charge in [0, 0.05) is 0 Å². The predicted octanol–water partition coefficient (Wildman–Crippen LogP) is 2.85. The molecular formula is C13H18FN. The molecule has 0 spiro atoms. The number of benzene rings is 1. The Kier molecular flexibility index (Phi) is 3.06. The average molecular weight is 207 g/mol. The molecule has 1 nitrogen and oxygen atoms in total. The summed E-state index contributed by atoms with van der Waals surface area (Å²) >= 11 is 0. The average Bonchev–Trinajstić information content (AvgIpc) is 2.23. The molecule has 2 rings (SSSR count). The van der Waals surface area contributed by atoms with Gasteiger partial charge in [0.05, 0.1) is 0 Å². The lowest BCUT2D eigenvalue weighted by molar-refractivity contribution is 0.348. The van der Waals surface area contributed by atoms with Gasteiger partial charge in [0.25, 0.3) is 0 Å². The molecule has 1 N–H and O–H groups in total. The number of piperidine rings is 1. The van der Waals surface area contributed by atoms with Crippen molar-refractivity contribution < 1.29 is 4.39 Å². The van der Waals surface area contributed by atoms with E-state index in [9.17, 15) is 4.39 Å². The number of hydrogen-bond acceptors (Lipinski definition) is 1. The highest BCUT2D eigenvalue weighted by Gasteiger charge is 2.22. The lowest BCUT2D eigenvalue weighted by Gasteiger charge is -2.30. The summed E-state index contributed by atoms with van der Waals surface area (Å²) in [6.07, 6.45) is 1.11. The van der Waals surface area contributed by atoms with Gasteiger partial charge in [0.15, 0.2) is 0 Å². The minimum Gasteiger partial charge on any atom is -0.316 e. The van der Waals surface area contributed by atoms with Crippen LogP contribution in [0.3, 0.4) is 0 Å². The second kappa shape index (κ2) is 4.31. The Labute approximate surface area is 90.7 Å². The number of nitrogens with one attached hydrogen (secondary N) is 1. The summed E-state index contributed by atoms with van der Waals surface area (Å²) in [5.74, 6) is 1.04. The standard InChI is InChI=1S/C13H18FN/c1-9-3-4-11(7-13(9)14)12-5-6-15-8-10(12)2/h3-4,7,10,12,15H,5-6,8H2,1-2H3/t10-,12+/m0/s1. The van der Waals surface area contributed by atoms with Crippen LogP contribution in [0.1, 0.15) is 30.4 Å². The molecule has 1 heterocycles. The van der Waals surface area contributed by atoms with E-state index in [0.29, 0.717) is 11.8 Å². The molecule has 0 aromatic heterocycles. The highest BCUT2D eigenvalue weighted by atomic mass is 19.1. The quantitative estimate of drug-likeness (QED) is 0.746. The number of rotatable bonds is 1. The molecule has 82 valence electrons. The molecule has 0 radical (unpaired) electrons. The van der Waals surface area contributed by atoms with Gasteiger partial charge in [-0.3, -0.25) is 0 Å². The zero-order valence-corrected chi connectivity index (χ0v) is 9.39. The number of aryl methyl sites for hydroxylation is 1. The zero-order valence-electron chi connectivity index (χ0n) is 9.39. The molecule has 0 saturated carbocycles. The maximum Gasteiger partial charge on any atom is 0.126 e. The SMILES string of the molecule is Cc1ccc([C@@H]2CCNC[C@@H]2C)cc1F. The molecule has 1 aliphatic rings. The van der Waals surface area contributed by atoms with E-state index in [1.807, 2.05) is 13.0 Å². The minimum atomic E-state index is -0.0711. The van der Waals surface area contributed by atoms with E-state index in [4.69, 9.17) is 0 Å². The molecule has 0 aliphatic carbocycles. The van der Waals surface area contributed by atoms with E-state index in [1.54, 1.807) is 6.07 Å². The summed E-state index contributed by atoms with van der Waals surface area (Å²) in [4.78, 5) is 0. The van der Waals surface area contributed by atoms with Crippen molar-refractivity contribution in [2.45, 2.75) is 26.2 Å². The van der Waals surface area contributed by atoms with Crippen molar-refractivity contribution in [2.24, 2.45) is 5.92 Å². The van der Waals surface area contributed by atoms with Gasteiger partial charge in [-0.05, 0) is 55.5 Å². The van der Waals surface area contributed by atoms with Gasteiger partial charge in [-0.25, -0.2) is 4.39 Å². The highest BCUT2D eigenvalue weighted by molar-refractivity contribution is 5.27. The topological polar surface area (TPSA) is 12.0 Å². The van der Waals surface area contributed by atoms with Crippen molar-refractivity contribution in [3.05, 3.63) is 35.1 Å². The second-order valence-corrected chi connectivity index (χ2v) is 4.59. The maximum absolute atomic E-state index is 13.4. The van der Waals surface area contributed by atoms with Gasteiger partial charge in [-0.15, -0.1) is 0 Å². The monoisotopic (exact) mass is 207 g/mol. The van der Waals surface area contributed by atoms with E-state index >= 15 is 0 Å². The third kappa shape index (κ3) is 2.20. The largest absolute Gasteiger partial charge is 0.316 e. The van der Waals surface area contributed by atoms with Crippen LogP contribution in [0.15, 0.2) is 18.2 Å². The Hall–Kier alpha value is -0.890. The van der Waals surface area contributed by atoms with Crippen molar-refractivity contribution in [3.63, 3.8) is 0 Å². The predicted molar refractivity (Wildman–Crippen MR) is 60.5 cm³/mol. The molecule has 1 aromatic carbocycles. The molecule has 15 heavy (non-hydrogen) atoms. The first kappa shape index (κ1) is 10.6. The summed E-state index contributed by atoms with van der Waals surface area (Å²) in [6.45, 7) is 6.13. The molecule has 2 atom stereocenters. The van der Waals surface area contributed by atoms with Crippen LogP contribution < -0.4 is 5.32 Å². The number of halogens is 1. The third-order valence-corrected chi connectivity index (χ3v) is 3.41. The van der Waals surface area contributed by atoms with Gasteiger partial charge in [0.1, 0.15) is 5.82 Å². The van der Waals surface area contributed by atoms with Crippen LogP contribution in [0.25, 0.3) is 0 Å². The molecular weight excluding hydrogens is 189 g/mol. The lowest BCUT2D eigenvalue weighted by Crippen LogP contribution is -2.33. The van der Waals surface area contributed by atoms with Crippen LogP contribution >= 0.6 is 0 Å². The smallest absolute Gasteiger partial charge is 0.126 e. The van der Waals surface area contributed by atoms with Gasteiger partial charge in [-0.2, -0.15) is 0 Å². The molecule has 2 heteroatoms. The normalized spacial score (nSPS) is 26.6. The number of hydrogen-bond donors (Lipinski definition) is 1. The van der Waals surface area contributed by atoms with Crippen LogP contribution in [-0.2, 0) is 0 Å². The van der Waals surface area contributed by atoms with E-state index in [0.717, 1.165) is 30.6 Å². The molecule has 0 unspecified atom stereocenters. The van der Waals surface area contributed by atoms with Crippen LogP contribution in [-0.4, -0.2) is 13.1 Å². The summed E-state index contributed by atoms with van der Waals surface area (Å²) in [5, 5.41) is 3.37. The molecule has 1 aromatic rings. The van der Waals surface area contributed by atoms with Crippen molar-refractivity contribution in [1.29, 1.82) is 0 Å². The van der Waals surface area contributed by atoms with Crippen LogP contribution in [0, 0.1) is 18.7 Å². The van der Waals surface area contributed by atoms with E-state index in [1.165, 1.54) is 0 Å². The van der Waals surface area contributed by atoms with E-state index in [-0.39, 0.29) is 5.82 Å². The Balaban J connectivity index is 2.24. The molecule has 1 fully saturated rings. The van der Waals surface area contributed by atoms with Gasteiger partial charge >= 0.3 is 0 Å². The third-order valence-electron chi connectivity index (χ3n) is 3.41. The van der Waals surface area contributed by atoms with Crippen molar-refractivity contribution >= 4 is 0 Å². The zero-order chi connectivity index (χ0) is 10.8. The summed E-state index contributed by atoms with van der Waals surface area (Å²) in [7, 11) is 0. The van der Waals surface area contributed by atoms with Crippen LogP contribution in [0.5, 0.6) is 0 Å². The Bertz CT molecular complexity index is 348. The first-order chi connectivity index (χ1) is 7.18. The van der Waals surface area contributed by atoms with Gasteiger partial charge in [0.2, 0.25) is 0 Å². The minimum absolute atomic E-state index is 0.0711. The first-order valence-corrected chi connectivity index (χ1v) is 5.65. The molecule has 1 saturated heterocycles. The molecule has 0 bridgehead atoms. The maximum atomic E-state index is 13.4. The summed E-state index contributed by atoms with van der Waals surface area (Å²) < 4.78 is 13.4. The van der Waals surface area contributed by atoms with Crippen molar-refractivity contribution in [2.75, 3.05) is 13.1 Å². The highest BCUT2D eigenvalue weighted by Crippen LogP contribution is 2.30. The van der Waals surface area contributed by atoms with Crippen LogP contribution in [0.4, 0.5) is 4.39 Å². The lowest BCUT2D eigenvalue weighted by atomic mass is 9.82. The first-order valence-electron chi connectivity index (χ1n) is 5.65. The molecule has 1 aliphatic heterocycles. The fraction of sp³-hybridized carbons (Fsp3) is 0.538. The Morgan fingerprint density at radius 1 is 1.40 bits per heavy atom. The summed E-state index contributed by atoms with van der Waals surface area (Å²) in [6, 6.07) is 5.67.